The van der Waals surface area contributed by atoms with Crippen molar-refractivity contribution in [1.29, 1.82) is 0 Å². The average molecular weight is 415 g/mol. The third-order valence-electron chi connectivity index (χ3n) is 4.30. The van der Waals surface area contributed by atoms with Crippen molar-refractivity contribution < 1.29 is 18.4 Å². The summed E-state index contributed by atoms with van der Waals surface area (Å²) in [5.41, 5.74) is 1.97. The number of methoxy groups -OCH3 is 2. The molecule has 7 nitrogen and oxygen atoms in total. The molecule has 0 aliphatic heterocycles. The topological polar surface area (TPSA) is 82.3 Å². The number of hydrogen-bond acceptors (Lipinski definition) is 7. The molecule has 0 fully saturated rings. The quantitative estimate of drug-likeness (QED) is 0.457. The second kappa shape index (κ2) is 7.92. The third-order valence-corrected chi connectivity index (χ3v) is 4.47. The predicted molar refractivity (Wildman–Crippen MR) is 107 cm³/mol. The number of nitrogens with one attached hydrogen (secondary N) is 1. The first kappa shape index (κ1) is 18.9. The maximum absolute atomic E-state index is 13.1. The zero-order valence-corrected chi connectivity index (χ0v) is 16.3. The lowest BCUT2D eigenvalue weighted by Gasteiger charge is -2.12. The van der Waals surface area contributed by atoms with E-state index in [9.17, 15) is 4.39 Å². The zero-order chi connectivity index (χ0) is 20.4. The SMILES string of the molecule is COc1cc2nc(Cl)nc(NCc3cc(-c4ccc(F)cc4)no3)c2cc1OC. The van der Waals surface area contributed by atoms with Gasteiger partial charge < -0.3 is 19.3 Å². The predicted octanol–water partition coefficient (Wildman–Crippen LogP) is 4.71. The van der Waals surface area contributed by atoms with Crippen molar-refractivity contribution in [1.82, 2.24) is 15.1 Å². The van der Waals surface area contributed by atoms with Crippen LogP contribution in [-0.2, 0) is 6.54 Å². The second-order valence-electron chi connectivity index (χ2n) is 6.10. The molecule has 0 atom stereocenters. The molecule has 0 amide bonds. The number of hydrogen-bond donors (Lipinski definition) is 1. The zero-order valence-electron chi connectivity index (χ0n) is 15.6. The van der Waals surface area contributed by atoms with Gasteiger partial charge >= 0.3 is 0 Å². The summed E-state index contributed by atoms with van der Waals surface area (Å²) in [5, 5.41) is 8.01. The van der Waals surface area contributed by atoms with Crippen LogP contribution in [0.15, 0.2) is 47.0 Å². The molecule has 0 aliphatic carbocycles. The van der Waals surface area contributed by atoms with Crippen molar-refractivity contribution in [3.05, 3.63) is 59.3 Å². The van der Waals surface area contributed by atoms with E-state index in [4.69, 9.17) is 25.6 Å². The molecule has 29 heavy (non-hydrogen) atoms. The van der Waals surface area contributed by atoms with E-state index in [0.29, 0.717) is 46.2 Å². The van der Waals surface area contributed by atoms with E-state index in [0.717, 1.165) is 5.56 Å². The van der Waals surface area contributed by atoms with Gasteiger partial charge in [-0.05, 0) is 41.9 Å². The fourth-order valence-electron chi connectivity index (χ4n) is 2.89. The highest BCUT2D eigenvalue weighted by Gasteiger charge is 2.14. The lowest BCUT2D eigenvalue weighted by atomic mass is 10.1. The highest BCUT2D eigenvalue weighted by molar-refractivity contribution is 6.28. The van der Waals surface area contributed by atoms with Gasteiger partial charge in [0.25, 0.3) is 0 Å². The van der Waals surface area contributed by atoms with Crippen LogP contribution in [0.25, 0.3) is 22.2 Å². The molecule has 4 rings (SSSR count). The van der Waals surface area contributed by atoms with Crippen LogP contribution in [0.4, 0.5) is 10.2 Å². The van der Waals surface area contributed by atoms with E-state index < -0.39 is 0 Å². The monoisotopic (exact) mass is 414 g/mol. The van der Waals surface area contributed by atoms with Gasteiger partial charge in [-0.3, -0.25) is 0 Å². The summed E-state index contributed by atoms with van der Waals surface area (Å²) in [7, 11) is 3.10. The van der Waals surface area contributed by atoms with Crippen LogP contribution in [0.2, 0.25) is 5.28 Å². The van der Waals surface area contributed by atoms with Crippen LogP contribution in [0.1, 0.15) is 5.76 Å². The summed E-state index contributed by atoms with van der Waals surface area (Å²) in [6.45, 7) is 0.310. The van der Waals surface area contributed by atoms with Crippen LogP contribution in [0.5, 0.6) is 11.5 Å². The van der Waals surface area contributed by atoms with Crippen molar-refractivity contribution in [3.63, 3.8) is 0 Å². The third kappa shape index (κ3) is 3.93. The average Bonchev–Trinajstić information content (AvgIpc) is 3.20. The number of aromatic nitrogens is 3. The summed E-state index contributed by atoms with van der Waals surface area (Å²) in [6, 6.07) is 11.3. The van der Waals surface area contributed by atoms with Gasteiger partial charge in [-0.15, -0.1) is 0 Å². The van der Waals surface area contributed by atoms with E-state index in [-0.39, 0.29) is 11.1 Å². The molecule has 2 heterocycles. The smallest absolute Gasteiger partial charge is 0.224 e. The summed E-state index contributed by atoms with van der Waals surface area (Å²) in [4.78, 5) is 8.50. The summed E-state index contributed by atoms with van der Waals surface area (Å²) < 4.78 is 29.1. The number of anilines is 1. The van der Waals surface area contributed by atoms with E-state index in [2.05, 4.69) is 20.4 Å². The van der Waals surface area contributed by atoms with Gasteiger partial charge in [0.15, 0.2) is 17.3 Å². The van der Waals surface area contributed by atoms with Gasteiger partial charge in [0.1, 0.15) is 17.3 Å². The van der Waals surface area contributed by atoms with Gasteiger partial charge in [-0.2, -0.15) is 0 Å². The van der Waals surface area contributed by atoms with Crippen LogP contribution in [-0.4, -0.2) is 29.3 Å². The maximum Gasteiger partial charge on any atom is 0.224 e. The van der Waals surface area contributed by atoms with Gasteiger partial charge in [-0.1, -0.05) is 5.16 Å². The Balaban J connectivity index is 1.60. The summed E-state index contributed by atoms with van der Waals surface area (Å²) in [6.07, 6.45) is 0. The first-order valence-corrected chi connectivity index (χ1v) is 9.00. The van der Waals surface area contributed by atoms with Gasteiger partial charge in [0.05, 0.1) is 26.3 Å². The molecule has 0 saturated heterocycles. The van der Waals surface area contributed by atoms with E-state index in [1.165, 1.54) is 12.1 Å². The Hall–Kier alpha value is -3.39. The summed E-state index contributed by atoms with van der Waals surface area (Å²) >= 11 is 6.07. The van der Waals surface area contributed by atoms with Gasteiger partial charge in [0.2, 0.25) is 5.28 Å². The molecule has 2 aromatic heterocycles. The molecule has 4 aromatic rings. The number of rotatable bonds is 6. The molecule has 2 aromatic carbocycles. The minimum absolute atomic E-state index is 0.0943. The number of fused-ring (bicyclic) bond motifs is 1. The molecule has 148 valence electrons. The fraction of sp³-hybridized carbons (Fsp3) is 0.150. The van der Waals surface area contributed by atoms with Crippen molar-refractivity contribution in [2.24, 2.45) is 0 Å². The van der Waals surface area contributed by atoms with Crippen molar-refractivity contribution >= 4 is 28.3 Å². The van der Waals surface area contributed by atoms with Crippen LogP contribution < -0.4 is 14.8 Å². The van der Waals surface area contributed by atoms with Crippen LogP contribution in [0.3, 0.4) is 0 Å². The molecule has 0 saturated carbocycles. The molecule has 0 spiro atoms. The number of halogens is 2. The molecule has 9 heteroatoms. The normalized spacial score (nSPS) is 10.9. The molecule has 0 aliphatic rings. The Bertz CT molecular complexity index is 1160. The van der Waals surface area contributed by atoms with E-state index in [1.807, 2.05) is 0 Å². The number of nitrogens with zero attached hydrogens (tertiary/aromatic N) is 3. The lowest BCUT2D eigenvalue weighted by molar-refractivity contribution is 0.356. The second-order valence-corrected chi connectivity index (χ2v) is 6.44. The first-order valence-electron chi connectivity index (χ1n) is 8.62. The van der Waals surface area contributed by atoms with Crippen molar-refractivity contribution in [2.45, 2.75) is 6.54 Å². The highest BCUT2D eigenvalue weighted by Crippen LogP contribution is 2.34. The summed E-state index contributed by atoms with van der Waals surface area (Å²) in [5.74, 6) is 1.87. The minimum Gasteiger partial charge on any atom is -0.493 e. The van der Waals surface area contributed by atoms with E-state index in [1.54, 1.807) is 44.6 Å². The number of ether oxygens (including phenoxy) is 2. The minimum atomic E-state index is -0.307. The number of benzene rings is 2. The first-order chi connectivity index (χ1) is 14.1. The van der Waals surface area contributed by atoms with Crippen LogP contribution in [0, 0.1) is 5.82 Å². The molecule has 0 bridgehead atoms. The standard InChI is InChI=1S/C20H16ClFN4O3/c1-27-17-8-14-16(9-18(17)28-2)24-20(21)25-19(14)23-10-13-7-15(26-29-13)11-3-5-12(22)6-4-11/h3-9H,10H2,1-2H3,(H,23,24,25). The molecular weight excluding hydrogens is 399 g/mol. The lowest BCUT2D eigenvalue weighted by Crippen LogP contribution is -2.03. The Labute approximate surface area is 170 Å². The molecule has 1 N–H and O–H groups in total. The van der Waals surface area contributed by atoms with Gasteiger partial charge in [0, 0.05) is 23.1 Å². The molecular formula is C20H16ClFN4O3. The van der Waals surface area contributed by atoms with Gasteiger partial charge in [-0.25, -0.2) is 14.4 Å². The Morgan fingerprint density at radius 1 is 1.03 bits per heavy atom. The largest absolute Gasteiger partial charge is 0.493 e. The maximum atomic E-state index is 13.1. The highest BCUT2D eigenvalue weighted by atomic mass is 35.5. The van der Waals surface area contributed by atoms with E-state index >= 15 is 0 Å². The van der Waals surface area contributed by atoms with Crippen LogP contribution >= 0.6 is 11.6 Å². The Morgan fingerprint density at radius 3 is 2.48 bits per heavy atom. The molecule has 0 radical (unpaired) electrons. The van der Waals surface area contributed by atoms with Crippen molar-refractivity contribution in [2.75, 3.05) is 19.5 Å². The molecule has 0 unspecified atom stereocenters. The fourth-order valence-corrected chi connectivity index (χ4v) is 3.06. The Kier molecular flexibility index (Phi) is 5.18. The van der Waals surface area contributed by atoms with Crippen molar-refractivity contribution in [3.8, 4) is 22.8 Å². The Morgan fingerprint density at radius 2 is 1.76 bits per heavy atom.